The van der Waals surface area contributed by atoms with Crippen molar-refractivity contribution in [2.45, 2.75) is 11.7 Å². The van der Waals surface area contributed by atoms with Gasteiger partial charge in [-0.05, 0) is 48.5 Å². The van der Waals surface area contributed by atoms with Gasteiger partial charge in [-0.25, -0.2) is 0 Å². The SMILES string of the molecule is COc1ccc(-n2c(CNc3ccc(Cl)cc3)nnc2SCC(=O)[O-])cc1. The van der Waals surface area contributed by atoms with Crippen molar-refractivity contribution in [2.24, 2.45) is 0 Å². The molecule has 0 fully saturated rings. The van der Waals surface area contributed by atoms with Crippen molar-refractivity contribution in [3.63, 3.8) is 0 Å². The molecule has 0 saturated carbocycles. The van der Waals surface area contributed by atoms with Crippen LogP contribution < -0.4 is 15.2 Å². The third-order valence-electron chi connectivity index (χ3n) is 3.64. The number of thioether (sulfide) groups is 1. The zero-order chi connectivity index (χ0) is 19.2. The minimum atomic E-state index is -1.16. The summed E-state index contributed by atoms with van der Waals surface area (Å²) in [5, 5.41) is 23.5. The zero-order valence-electron chi connectivity index (χ0n) is 14.4. The molecule has 0 atom stereocenters. The first kappa shape index (κ1) is 19.1. The fourth-order valence-electron chi connectivity index (χ4n) is 2.37. The average molecular weight is 404 g/mol. The van der Waals surface area contributed by atoms with Gasteiger partial charge in [0.15, 0.2) is 11.0 Å². The molecule has 0 unspecified atom stereocenters. The highest BCUT2D eigenvalue weighted by Crippen LogP contribution is 2.24. The number of aromatic nitrogens is 3. The van der Waals surface area contributed by atoms with Crippen LogP contribution in [0, 0.1) is 0 Å². The summed E-state index contributed by atoms with van der Waals surface area (Å²) in [7, 11) is 1.59. The molecule has 140 valence electrons. The summed E-state index contributed by atoms with van der Waals surface area (Å²) in [6, 6.07) is 14.7. The van der Waals surface area contributed by atoms with E-state index in [4.69, 9.17) is 16.3 Å². The first-order valence-electron chi connectivity index (χ1n) is 7.97. The van der Waals surface area contributed by atoms with Gasteiger partial charge in [0.05, 0.1) is 19.6 Å². The van der Waals surface area contributed by atoms with Crippen LogP contribution in [0.3, 0.4) is 0 Å². The van der Waals surface area contributed by atoms with Gasteiger partial charge in [-0.15, -0.1) is 10.2 Å². The Balaban J connectivity index is 1.87. The highest BCUT2D eigenvalue weighted by molar-refractivity contribution is 7.99. The molecule has 0 bridgehead atoms. The minimum Gasteiger partial charge on any atom is -0.549 e. The summed E-state index contributed by atoms with van der Waals surface area (Å²) < 4.78 is 6.99. The van der Waals surface area contributed by atoms with Crippen molar-refractivity contribution < 1.29 is 14.6 Å². The van der Waals surface area contributed by atoms with Gasteiger partial charge in [0.1, 0.15) is 5.75 Å². The number of halogens is 1. The van der Waals surface area contributed by atoms with Crippen LogP contribution in [-0.4, -0.2) is 33.6 Å². The second-order valence-electron chi connectivity index (χ2n) is 5.45. The van der Waals surface area contributed by atoms with Crippen LogP contribution in [0.1, 0.15) is 5.82 Å². The fraction of sp³-hybridized carbons (Fsp3) is 0.167. The van der Waals surface area contributed by atoms with Crippen LogP contribution in [0.5, 0.6) is 5.75 Å². The maximum Gasteiger partial charge on any atom is 0.196 e. The molecular weight excluding hydrogens is 388 g/mol. The Bertz CT molecular complexity index is 913. The van der Waals surface area contributed by atoms with Crippen molar-refractivity contribution in [1.82, 2.24) is 14.8 Å². The standard InChI is InChI=1S/C18H17ClN4O3S/c1-26-15-8-6-14(7-9-15)23-16(21-22-18(23)27-11-17(24)25)10-20-13-4-2-12(19)3-5-13/h2-9,20H,10-11H2,1H3,(H,24,25)/p-1. The molecule has 3 rings (SSSR count). The predicted molar refractivity (Wildman–Crippen MR) is 102 cm³/mol. The highest BCUT2D eigenvalue weighted by Gasteiger charge is 2.14. The Labute approximate surface area is 165 Å². The van der Waals surface area contributed by atoms with Crippen LogP contribution in [-0.2, 0) is 11.3 Å². The van der Waals surface area contributed by atoms with E-state index in [0.717, 1.165) is 28.9 Å². The second kappa shape index (κ2) is 8.79. The number of rotatable bonds is 8. The van der Waals surface area contributed by atoms with Gasteiger partial charge in [0.25, 0.3) is 0 Å². The van der Waals surface area contributed by atoms with Crippen molar-refractivity contribution in [2.75, 3.05) is 18.2 Å². The molecule has 3 aromatic rings. The van der Waals surface area contributed by atoms with Gasteiger partial charge in [-0.1, -0.05) is 23.4 Å². The van der Waals surface area contributed by atoms with Crippen molar-refractivity contribution in [1.29, 1.82) is 0 Å². The minimum absolute atomic E-state index is 0.209. The summed E-state index contributed by atoms with van der Waals surface area (Å²) in [5.41, 5.74) is 1.68. The van der Waals surface area contributed by atoms with E-state index in [0.29, 0.717) is 22.5 Å². The number of hydrogen-bond donors (Lipinski definition) is 1. The predicted octanol–water partition coefficient (Wildman–Crippen LogP) is 2.38. The maximum atomic E-state index is 10.8. The van der Waals surface area contributed by atoms with Gasteiger partial charge in [0, 0.05) is 22.2 Å². The van der Waals surface area contributed by atoms with E-state index in [1.54, 1.807) is 23.8 Å². The number of carboxylic acid groups (broad SMARTS) is 1. The van der Waals surface area contributed by atoms with E-state index in [1.165, 1.54) is 0 Å². The Morgan fingerprint density at radius 2 is 1.89 bits per heavy atom. The third kappa shape index (κ3) is 4.93. The lowest BCUT2D eigenvalue weighted by Crippen LogP contribution is -2.24. The molecule has 1 aromatic heterocycles. The molecule has 0 radical (unpaired) electrons. The van der Waals surface area contributed by atoms with Crippen molar-refractivity contribution in [3.05, 3.63) is 59.4 Å². The Kier molecular flexibility index (Phi) is 6.20. The fourth-order valence-corrected chi connectivity index (χ4v) is 3.18. The van der Waals surface area contributed by atoms with E-state index < -0.39 is 5.97 Å². The largest absolute Gasteiger partial charge is 0.549 e. The van der Waals surface area contributed by atoms with E-state index in [-0.39, 0.29) is 5.75 Å². The summed E-state index contributed by atoms with van der Waals surface area (Å²) in [5.74, 6) is -0.0171. The van der Waals surface area contributed by atoms with Crippen LogP contribution in [0.2, 0.25) is 5.02 Å². The van der Waals surface area contributed by atoms with E-state index in [1.807, 2.05) is 36.4 Å². The number of carbonyl (C=O) groups excluding carboxylic acids is 1. The van der Waals surface area contributed by atoms with Crippen LogP contribution in [0.4, 0.5) is 5.69 Å². The highest BCUT2D eigenvalue weighted by atomic mass is 35.5. The molecule has 0 amide bonds. The third-order valence-corrected chi connectivity index (χ3v) is 4.80. The number of methoxy groups -OCH3 is 1. The lowest BCUT2D eigenvalue weighted by Gasteiger charge is -2.12. The molecule has 0 aliphatic carbocycles. The van der Waals surface area contributed by atoms with E-state index in [2.05, 4.69) is 15.5 Å². The molecule has 27 heavy (non-hydrogen) atoms. The van der Waals surface area contributed by atoms with Gasteiger partial charge >= 0.3 is 0 Å². The lowest BCUT2D eigenvalue weighted by atomic mass is 10.3. The maximum absolute atomic E-state index is 10.8. The van der Waals surface area contributed by atoms with Gasteiger partial charge in [0.2, 0.25) is 0 Å². The summed E-state index contributed by atoms with van der Waals surface area (Å²) in [6.45, 7) is 0.395. The molecule has 0 aliphatic rings. The van der Waals surface area contributed by atoms with Gasteiger partial charge < -0.3 is 20.0 Å². The molecule has 7 nitrogen and oxygen atoms in total. The number of hydrogen-bond acceptors (Lipinski definition) is 7. The number of carbonyl (C=O) groups is 1. The number of ether oxygens (including phenoxy) is 1. The Morgan fingerprint density at radius 1 is 1.19 bits per heavy atom. The van der Waals surface area contributed by atoms with Gasteiger partial charge in [-0.2, -0.15) is 0 Å². The monoisotopic (exact) mass is 403 g/mol. The summed E-state index contributed by atoms with van der Waals surface area (Å²) in [6.07, 6.45) is 0. The topological polar surface area (TPSA) is 92.1 Å². The summed E-state index contributed by atoms with van der Waals surface area (Å²) in [4.78, 5) is 10.8. The molecule has 1 N–H and O–H groups in total. The average Bonchev–Trinajstić information content (AvgIpc) is 3.09. The number of anilines is 1. The smallest absolute Gasteiger partial charge is 0.196 e. The lowest BCUT2D eigenvalue weighted by molar-refractivity contribution is -0.301. The van der Waals surface area contributed by atoms with Crippen molar-refractivity contribution in [3.8, 4) is 11.4 Å². The molecular formula is C18H16ClN4O3S-. The Morgan fingerprint density at radius 3 is 2.52 bits per heavy atom. The number of benzene rings is 2. The number of aliphatic carboxylic acids is 1. The molecule has 0 saturated heterocycles. The van der Waals surface area contributed by atoms with Crippen molar-refractivity contribution >= 4 is 35.0 Å². The zero-order valence-corrected chi connectivity index (χ0v) is 16.0. The molecule has 0 spiro atoms. The van der Waals surface area contributed by atoms with Crippen LogP contribution in [0.15, 0.2) is 53.7 Å². The number of carboxylic acids is 1. The first-order chi connectivity index (χ1) is 13.1. The number of nitrogens with zero attached hydrogens (tertiary/aromatic N) is 3. The van der Waals surface area contributed by atoms with Crippen LogP contribution >= 0.6 is 23.4 Å². The summed E-state index contributed by atoms with van der Waals surface area (Å²) >= 11 is 6.96. The first-order valence-corrected chi connectivity index (χ1v) is 9.34. The molecule has 1 heterocycles. The molecule has 2 aromatic carbocycles. The van der Waals surface area contributed by atoms with Crippen LogP contribution in [0.25, 0.3) is 5.69 Å². The normalized spacial score (nSPS) is 10.6. The number of nitrogens with one attached hydrogen (secondary N) is 1. The quantitative estimate of drug-likeness (QED) is 0.577. The second-order valence-corrected chi connectivity index (χ2v) is 6.83. The Hall–Kier alpha value is -2.71. The molecule has 9 heteroatoms. The van der Waals surface area contributed by atoms with E-state index in [9.17, 15) is 9.90 Å². The van der Waals surface area contributed by atoms with Gasteiger partial charge in [-0.3, -0.25) is 4.57 Å². The molecule has 0 aliphatic heterocycles. The van der Waals surface area contributed by atoms with E-state index >= 15 is 0 Å².